The normalized spacial score (nSPS) is 22.8. The first-order valence-electron chi connectivity index (χ1n) is 11.3. The second-order valence-electron chi connectivity index (χ2n) is 8.84. The molecule has 0 aromatic heterocycles. The maximum absolute atomic E-state index is 12.8. The third-order valence-electron chi connectivity index (χ3n) is 6.85. The van der Waals surface area contributed by atoms with Crippen LogP contribution in [0.4, 0.5) is 10.5 Å². The number of nitrogens with one attached hydrogen (secondary N) is 2. The highest BCUT2D eigenvalue weighted by Gasteiger charge is 2.51. The molecule has 7 nitrogen and oxygen atoms in total. The fourth-order valence-corrected chi connectivity index (χ4v) is 5.09. The van der Waals surface area contributed by atoms with Crippen LogP contribution < -0.4 is 15.5 Å². The average molecular weight is 413 g/mol. The van der Waals surface area contributed by atoms with Crippen LogP contribution in [0.1, 0.15) is 57.4 Å². The summed E-state index contributed by atoms with van der Waals surface area (Å²) < 4.78 is 0. The molecular formula is C23H32N4O3. The first-order chi connectivity index (χ1) is 14.5. The summed E-state index contributed by atoms with van der Waals surface area (Å²) in [6, 6.07) is 8.53. The van der Waals surface area contributed by atoms with Crippen LogP contribution in [0.3, 0.4) is 0 Å². The predicted octanol–water partition coefficient (Wildman–Crippen LogP) is 2.59. The fraction of sp³-hybridized carbons (Fsp3) is 0.609. The number of anilines is 1. The zero-order valence-electron chi connectivity index (χ0n) is 17.8. The van der Waals surface area contributed by atoms with Gasteiger partial charge in [-0.15, -0.1) is 0 Å². The Morgan fingerprint density at radius 3 is 2.73 bits per heavy atom. The minimum Gasteiger partial charge on any atom is -0.367 e. The Labute approximate surface area is 178 Å². The summed E-state index contributed by atoms with van der Waals surface area (Å²) in [4.78, 5) is 41.0. The van der Waals surface area contributed by atoms with Crippen molar-refractivity contribution in [3.05, 3.63) is 29.8 Å². The van der Waals surface area contributed by atoms with Crippen molar-refractivity contribution in [2.75, 3.05) is 24.5 Å². The molecule has 30 heavy (non-hydrogen) atoms. The Hall–Kier alpha value is -2.57. The first-order valence-corrected chi connectivity index (χ1v) is 11.3. The second kappa shape index (κ2) is 8.66. The second-order valence-corrected chi connectivity index (χ2v) is 8.84. The summed E-state index contributed by atoms with van der Waals surface area (Å²) in [7, 11) is 0. The molecule has 1 spiro atoms. The van der Waals surface area contributed by atoms with Gasteiger partial charge in [0.25, 0.3) is 5.91 Å². The van der Waals surface area contributed by atoms with Gasteiger partial charge in [0, 0.05) is 37.8 Å². The van der Waals surface area contributed by atoms with Crippen LogP contribution in [-0.2, 0) is 16.0 Å². The molecular weight excluding hydrogens is 380 g/mol. The predicted molar refractivity (Wildman–Crippen MR) is 115 cm³/mol. The third kappa shape index (κ3) is 4.02. The van der Waals surface area contributed by atoms with Gasteiger partial charge in [-0.05, 0) is 44.2 Å². The minimum atomic E-state index is -0.719. The Balaban J connectivity index is 1.25. The molecule has 2 heterocycles. The van der Waals surface area contributed by atoms with Crippen LogP contribution in [0.25, 0.3) is 0 Å². The number of nitrogens with zero attached hydrogens (tertiary/aromatic N) is 2. The summed E-state index contributed by atoms with van der Waals surface area (Å²) in [6.45, 7) is 3.65. The number of carbonyl (C=O) groups is 3. The lowest BCUT2D eigenvalue weighted by atomic mass is 9.82. The molecule has 1 unspecified atom stereocenters. The van der Waals surface area contributed by atoms with Crippen LogP contribution >= 0.6 is 0 Å². The van der Waals surface area contributed by atoms with E-state index in [0.717, 1.165) is 38.6 Å². The van der Waals surface area contributed by atoms with E-state index in [1.807, 2.05) is 0 Å². The molecule has 3 aliphatic rings. The van der Waals surface area contributed by atoms with Crippen molar-refractivity contribution in [1.29, 1.82) is 0 Å². The van der Waals surface area contributed by atoms with Gasteiger partial charge in [0.2, 0.25) is 5.91 Å². The monoisotopic (exact) mass is 412 g/mol. The van der Waals surface area contributed by atoms with E-state index >= 15 is 0 Å². The third-order valence-corrected chi connectivity index (χ3v) is 6.85. The molecule has 7 heteroatoms. The largest absolute Gasteiger partial charge is 0.367 e. The number of urea groups is 1. The molecule has 1 aliphatic carbocycles. The Bertz CT molecular complexity index is 818. The van der Waals surface area contributed by atoms with Gasteiger partial charge in [-0.3, -0.25) is 14.5 Å². The number of hydrogen-bond donors (Lipinski definition) is 2. The van der Waals surface area contributed by atoms with Crippen LogP contribution in [0.2, 0.25) is 0 Å². The van der Waals surface area contributed by atoms with Crippen molar-refractivity contribution in [3.63, 3.8) is 0 Å². The summed E-state index contributed by atoms with van der Waals surface area (Å²) >= 11 is 0. The summed E-state index contributed by atoms with van der Waals surface area (Å²) in [5, 5.41) is 5.85. The van der Waals surface area contributed by atoms with Crippen LogP contribution in [0.15, 0.2) is 24.3 Å². The molecule has 4 amide bonds. The summed E-state index contributed by atoms with van der Waals surface area (Å²) in [5.74, 6) is -0.281. The lowest BCUT2D eigenvalue weighted by Crippen LogP contribution is -2.48. The van der Waals surface area contributed by atoms with Gasteiger partial charge in [0.1, 0.15) is 5.54 Å². The maximum Gasteiger partial charge on any atom is 0.325 e. The number of fused-ring (bicyclic) bond motifs is 1. The van der Waals surface area contributed by atoms with Crippen molar-refractivity contribution in [2.24, 2.45) is 0 Å². The number of hydrogen-bond acceptors (Lipinski definition) is 4. The van der Waals surface area contributed by atoms with Crippen LogP contribution in [-0.4, -0.2) is 54.0 Å². The van der Waals surface area contributed by atoms with Crippen LogP contribution in [0, 0.1) is 0 Å². The molecule has 2 N–H and O–H groups in total. The van der Waals surface area contributed by atoms with Gasteiger partial charge in [-0.2, -0.15) is 0 Å². The number of benzene rings is 1. The van der Waals surface area contributed by atoms with Crippen LogP contribution in [0.5, 0.6) is 0 Å². The Morgan fingerprint density at radius 2 is 1.93 bits per heavy atom. The quantitative estimate of drug-likeness (QED) is 0.704. The van der Waals surface area contributed by atoms with E-state index in [4.69, 9.17) is 0 Å². The van der Waals surface area contributed by atoms with E-state index in [1.54, 1.807) is 0 Å². The van der Waals surface area contributed by atoms with E-state index in [1.165, 1.54) is 16.2 Å². The highest BCUT2D eigenvalue weighted by Crippen LogP contribution is 2.33. The Morgan fingerprint density at radius 1 is 1.17 bits per heavy atom. The molecule has 1 aromatic rings. The van der Waals surface area contributed by atoms with E-state index < -0.39 is 5.54 Å². The SMILES string of the molecule is CC1CCc2ccccc2N1CCNC(=O)CCN1C(=O)NC2(CCCCC2)C1=O. The van der Waals surface area contributed by atoms with Gasteiger partial charge in [-0.1, -0.05) is 37.5 Å². The van der Waals surface area contributed by atoms with Crippen molar-refractivity contribution >= 4 is 23.5 Å². The lowest BCUT2D eigenvalue weighted by Gasteiger charge is -2.37. The smallest absolute Gasteiger partial charge is 0.325 e. The lowest BCUT2D eigenvalue weighted by molar-refractivity contribution is -0.132. The summed E-state index contributed by atoms with van der Waals surface area (Å²) in [5.41, 5.74) is 1.89. The minimum absolute atomic E-state index is 0.127. The van der Waals surface area contributed by atoms with Crippen molar-refractivity contribution in [2.45, 2.75) is 69.9 Å². The maximum atomic E-state index is 12.8. The van der Waals surface area contributed by atoms with Gasteiger partial charge in [0.15, 0.2) is 0 Å². The summed E-state index contributed by atoms with van der Waals surface area (Å²) in [6.07, 6.45) is 6.77. The van der Waals surface area contributed by atoms with E-state index in [-0.39, 0.29) is 30.8 Å². The first kappa shape index (κ1) is 20.7. The molecule has 2 aliphatic heterocycles. The number of para-hydroxylation sites is 1. The molecule has 1 atom stereocenters. The van der Waals surface area contributed by atoms with Gasteiger partial charge in [-0.25, -0.2) is 4.79 Å². The number of imide groups is 1. The van der Waals surface area contributed by atoms with Crippen molar-refractivity contribution in [1.82, 2.24) is 15.5 Å². The highest BCUT2D eigenvalue weighted by molar-refractivity contribution is 6.07. The average Bonchev–Trinajstić information content (AvgIpc) is 2.97. The molecule has 1 aromatic carbocycles. The number of carbonyl (C=O) groups excluding carboxylic acids is 3. The van der Waals surface area contributed by atoms with Gasteiger partial charge >= 0.3 is 6.03 Å². The standard InChI is InChI=1S/C23H32N4O3/c1-17-9-10-18-7-3-4-8-19(18)26(17)16-14-24-20(28)11-15-27-21(29)23(25-22(27)30)12-5-2-6-13-23/h3-4,7-8,17H,2,5-6,9-16H2,1H3,(H,24,28)(H,25,30). The fourth-order valence-electron chi connectivity index (χ4n) is 5.09. The molecule has 2 fully saturated rings. The number of aryl methyl sites for hydroxylation is 1. The molecule has 0 radical (unpaired) electrons. The van der Waals surface area contributed by atoms with Gasteiger partial charge in [0.05, 0.1) is 0 Å². The number of amides is 4. The van der Waals surface area contributed by atoms with Crippen molar-refractivity contribution < 1.29 is 14.4 Å². The van der Waals surface area contributed by atoms with Crippen molar-refractivity contribution in [3.8, 4) is 0 Å². The molecule has 162 valence electrons. The number of rotatable bonds is 6. The zero-order valence-corrected chi connectivity index (χ0v) is 17.8. The molecule has 1 saturated heterocycles. The van der Waals surface area contributed by atoms with E-state index in [2.05, 4.69) is 46.7 Å². The topological polar surface area (TPSA) is 81.8 Å². The zero-order chi connectivity index (χ0) is 21.1. The highest BCUT2D eigenvalue weighted by atomic mass is 16.2. The van der Waals surface area contributed by atoms with Gasteiger partial charge < -0.3 is 15.5 Å². The molecule has 0 bridgehead atoms. The van der Waals surface area contributed by atoms with E-state index in [0.29, 0.717) is 25.4 Å². The molecule has 4 rings (SSSR count). The van der Waals surface area contributed by atoms with E-state index in [9.17, 15) is 14.4 Å². The Kier molecular flexibility index (Phi) is 5.97. The molecule has 1 saturated carbocycles.